The molecule has 0 aliphatic carbocycles. The number of amides is 3. The van der Waals surface area contributed by atoms with E-state index in [4.69, 9.17) is 9.15 Å². The molecular formula is C40H48FN9O7. The number of cyclic esters (lactones) is 1. The Morgan fingerprint density at radius 3 is 2.86 bits per heavy atom. The second kappa shape index (κ2) is 18.8. The number of allylic oxidation sites excluding steroid dienone is 2. The molecule has 2 aliphatic heterocycles. The number of aliphatic hydroxyl groups excluding tert-OH is 1. The van der Waals surface area contributed by atoms with Crippen molar-refractivity contribution in [3.8, 4) is 11.3 Å². The van der Waals surface area contributed by atoms with Crippen molar-refractivity contribution in [2.24, 2.45) is 11.8 Å². The van der Waals surface area contributed by atoms with Gasteiger partial charge in [-0.1, -0.05) is 48.9 Å². The fourth-order valence-corrected chi connectivity index (χ4v) is 6.98. The van der Waals surface area contributed by atoms with E-state index in [-0.39, 0.29) is 62.3 Å². The summed E-state index contributed by atoms with van der Waals surface area (Å²) in [6.07, 6.45) is 11.0. The number of halogens is 1. The molecule has 0 saturated carbocycles. The van der Waals surface area contributed by atoms with E-state index in [1.807, 2.05) is 32.2 Å². The number of carbonyl (C=O) groups is 4. The van der Waals surface area contributed by atoms with Crippen LogP contribution in [0.1, 0.15) is 62.8 Å². The Morgan fingerprint density at radius 2 is 2.04 bits per heavy atom. The molecular weight excluding hydrogens is 737 g/mol. The minimum Gasteiger partial charge on any atom is -0.460 e. The van der Waals surface area contributed by atoms with Gasteiger partial charge in [-0.25, -0.2) is 19.2 Å². The Labute approximate surface area is 328 Å². The van der Waals surface area contributed by atoms with Crippen LogP contribution in [0.2, 0.25) is 0 Å². The van der Waals surface area contributed by atoms with Crippen LogP contribution in [0.25, 0.3) is 22.3 Å². The largest absolute Gasteiger partial charge is 0.460 e. The number of pyridine rings is 1. The zero-order valence-corrected chi connectivity index (χ0v) is 32.1. The lowest BCUT2D eigenvalue weighted by molar-refractivity contribution is -0.159. The first-order valence-electron chi connectivity index (χ1n) is 19.1. The van der Waals surface area contributed by atoms with E-state index in [1.54, 1.807) is 42.2 Å². The summed E-state index contributed by atoms with van der Waals surface area (Å²) < 4.78 is 28.0. The number of esters is 1. The number of aliphatic hydroxyl groups is 1. The van der Waals surface area contributed by atoms with Crippen molar-refractivity contribution in [1.29, 1.82) is 0 Å². The average molecular weight is 786 g/mol. The molecule has 1 fully saturated rings. The minimum absolute atomic E-state index is 0.00640. The van der Waals surface area contributed by atoms with Crippen LogP contribution in [0, 0.1) is 11.8 Å². The van der Waals surface area contributed by atoms with E-state index < -0.39 is 48.1 Å². The maximum atomic E-state index is 14.9. The fraction of sp³-hybridized carbons (Fsp3) is 0.450. The number of H-pyrrole nitrogens is 1. The van der Waals surface area contributed by atoms with Gasteiger partial charge in [-0.15, -0.1) is 5.10 Å². The summed E-state index contributed by atoms with van der Waals surface area (Å²) in [7, 11) is 0. The van der Waals surface area contributed by atoms with E-state index in [9.17, 15) is 28.7 Å². The average Bonchev–Trinajstić information content (AvgIpc) is 4.01. The third kappa shape index (κ3) is 10.9. The minimum atomic E-state index is -1.50. The lowest BCUT2D eigenvalue weighted by atomic mass is 9.89. The summed E-state index contributed by atoms with van der Waals surface area (Å²) in [6.45, 7) is 6.41. The zero-order valence-electron chi connectivity index (χ0n) is 32.1. The summed E-state index contributed by atoms with van der Waals surface area (Å²) in [4.78, 5) is 66.7. The van der Waals surface area contributed by atoms with E-state index in [1.165, 1.54) is 17.1 Å². The molecule has 6 rings (SSSR count). The van der Waals surface area contributed by atoms with Gasteiger partial charge in [0.05, 0.1) is 25.3 Å². The number of carbonyl (C=O) groups excluding carboxylic acids is 4. The smallest absolute Gasteiger partial charge is 0.329 e. The highest BCUT2D eigenvalue weighted by Crippen LogP contribution is 2.27. The van der Waals surface area contributed by atoms with Crippen LogP contribution >= 0.6 is 0 Å². The third-order valence-corrected chi connectivity index (χ3v) is 9.82. The quantitative estimate of drug-likeness (QED) is 0.199. The monoisotopic (exact) mass is 785 g/mol. The van der Waals surface area contributed by atoms with Gasteiger partial charge in [-0.2, -0.15) is 0 Å². The van der Waals surface area contributed by atoms with Crippen LogP contribution in [0.15, 0.2) is 77.4 Å². The first kappa shape index (κ1) is 40.7. The van der Waals surface area contributed by atoms with Crippen molar-refractivity contribution in [2.75, 3.05) is 19.6 Å². The van der Waals surface area contributed by atoms with Crippen molar-refractivity contribution >= 4 is 34.7 Å². The zero-order chi connectivity index (χ0) is 40.5. The number of aromatic amines is 1. The normalized spacial score (nSPS) is 25.0. The van der Waals surface area contributed by atoms with Gasteiger partial charge in [0.25, 0.3) is 5.91 Å². The number of rotatable bonds is 7. The molecule has 4 N–H and O–H groups in total. The lowest BCUT2D eigenvalue weighted by Crippen LogP contribution is -2.44. The Balaban J connectivity index is 1.16. The molecule has 2 bridgehead atoms. The second-order valence-electron chi connectivity index (χ2n) is 14.7. The number of ether oxygens (including phenoxy) is 1. The summed E-state index contributed by atoms with van der Waals surface area (Å²) in [6, 6.07) is 2.95. The van der Waals surface area contributed by atoms with Gasteiger partial charge in [0, 0.05) is 61.7 Å². The first-order valence-corrected chi connectivity index (χ1v) is 19.1. The number of oxazole rings is 1. The van der Waals surface area contributed by atoms with Crippen LogP contribution < -0.4 is 10.6 Å². The van der Waals surface area contributed by atoms with Gasteiger partial charge in [-0.05, 0) is 43.9 Å². The van der Waals surface area contributed by atoms with E-state index in [0.29, 0.717) is 30.7 Å². The van der Waals surface area contributed by atoms with E-state index >= 15 is 0 Å². The third-order valence-electron chi connectivity index (χ3n) is 9.82. The Hall–Kier alpha value is -5.97. The molecule has 16 nitrogen and oxygen atoms in total. The molecule has 2 aliphatic rings. The van der Waals surface area contributed by atoms with Gasteiger partial charge in [-0.3, -0.25) is 19.1 Å². The molecule has 302 valence electrons. The molecule has 4 aromatic rings. The lowest BCUT2D eigenvalue weighted by Gasteiger charge is -2.30. The van der Waals surface area contributed by atoms with Crippen molar-refractivity contribution in [3.05, 3.63) is 84.5 Å². The highest BCUT2D eigenvalue weighted by atomic mass is 19.1. The topological polar surface area (TPSA) is 210 Å². The maximum Gasteiger partial charge on any atom is 0.329 e. The van der Waals surface area contributed by atoms with Crippen molar-refractivity contribution in [2.45, 2.75) is 83.8 Å². The number of hydrogen-bond donors (Lipinski definition) is 4. The Morgan fingerprint density at radius 1 is 1.19 bits per heavy atom. The maximum absolute atomic E-state index is 14.9. The van der Waals surface area contributed by atoms with Crippen LogP contribution in [0.4, 0.5) is 4.39 Å². The first-order chi connectivity index (χ1) is 27.4. The molecule has 4 aromatic heterocycles. The van der Waals surface area contributed by atoms with Gasteiger partial charge in [0.2, 0.25) is 11.8 Å². The van der Waals surface area contributed by atoms with Gasteiger partial charge < -0.3 is 34.8 Å². The van der Waals surface area contributed by atoms with Crippen LogP contribution in [0.3, 0.4) is 0 Å². The predicted octanol–water partition coefficient (Wildman–Crippen LogP) is 3.62. The predicted molar refractivity (Wildman–Crippen MR) is 206 cm³/mol. The Kier molecular flexibility index (Phi) is 13.4. The molecule has 0 spiro atoms. The van der Waals surface area contributed by atoms with Gasteiger partial charge in [0.15, 0.2) is 11.6 Å². The van der Waals surface area contributed by atoms with Gasteiger partial charge in [0.1, 0.15) is 35.9 Å². The Bertz CT molecular complexity index is 2140. The molecule has 5 atom stereocenters. The molecule has 1 saturated heterocycles. The van der Waals surface area contributed by atoms with Crippen LogP contribution in [0.5, 0.6) is 0 Å². The number of aromatic nitrogens is 6. The number of alkyl halides is 1. The van der Waals surface area contributed by atoms with Crippen molar-refractivity contribution in [1.82, 2.24) is 45.5 Å². The molecule has 6 heterocycles. The summed E-state index contributed by atoms with van der Waals surface area (Å²) in [5.74, 6) is -2.99. The SMILES string of the molecule is CC1=C\C(O)CC(F)Cc2nc(co2)C(=O)N2CCCC2C(=O)OC(C(C)C)C(CC(=O)NCCn2cc(-c3cnc4[nH]ccc4c3)nn2)/C=C/C(=O)NC\C=C\1. The molecule has 5 unspecified atom stereocenters. The highest BCUT2D eigenvalue weighted by Gasteiger charge is 2.39. The number of nitrogens with zero attached hydrogens (tertiary/aromatic N) is 6. The van der Waals surface area contributed by atoms with Crippen molar-refractivity contribution < 1.29 is 37.8 Å². The van der Waals surface area contributed by atoms with Crippen molar-refractivity contribution in [3.63, 3.8) is 0 Å². The molecule has 3 amide bonds. The number of fused-ring (bicyclic) bond motifs is 4. The van der Waals surface area contributed by atoms with Gasteiger partial charge >= 0.3 is 5.97 Å². The standard InChI is InChI=1S/C40H48FN9O7/c1-24(2)37-26(18-35(53)43-13-15-49-22-31(47-48-49)28-17-27-10-12-44-38(27)45-21-28)8-9-34(52)42-11-4-6-25(3)16-30(51)19-29(41)20-36-46-32(23-56-36)39(54)50-14-5-7-33(50)40(55)57-37/h4,6,8-10,12,16-17,21-24,26,29-30,33,37,51H,5,7,11,13-15,18-20H2,1-3H3,(H,42,52)(H,43,53)(H,44,45)/b6-4+,9-8+,25-16+. The highest BCUT2D eigenvalue weighted by molar-refractivity contribution is 5.95. The number of nitrogens with one attached hydrogen (secondary N) is 3. The van der Waals surface area contributed by atoms with E-state index in [0.717, 1.165) is 22.9 Å². The second-order valence-corrected chi connectivity index (χ2v) is 14.7. The fourth-order valence-electron chi connectivity index (χ4n) is 6.98. The summed E-state index contributed by atoms with van der Waals surface area (Å²) in [5.41, 5.74) is 2.80. The molecule has 17 heteroatoms. The molecule has 0 radical (unpaired) electrons. The summed E-state index contributed by atoms with van der Waals surface area (Å²) >= 11 is 0. The molecule has 0 aromatic carbocycles. The van der Waals surface area contributed by atoms with Crippen LogP contribution in [-0.2, 0) is 32.1 Å². The van der Waals surface area contributed by atoms with E-state index in [2.05, 4.69) is 35.9 Å². The molecule has 57 heavy (non-hydrogen) atoms. The number of hydrogen-bond acceptors (Lipinski definition) is 11. The summed E-state index contributed by atoms with van der Waals surface area (Å²) in [5, 5.41) is 25.4. The van der Waals surface area contributed by atoms with Crippen LogP contribution in [-0.4, -0.2) is 108 Å².